The number of hydrogen-bond acceptors (Lipinski definition) is 14. The van der Waals surface area contributed by atoms with Crippen molar-refractivity contribution in [1.29, 1.82) is 0 Å². The summed E-state index contributed by atoms with van der Waals surface area (Å²) in [6.07, 6.45) is -3.01. The molecule has 5 rings (SSSR count). The first-order valence-corrected chi connectivity index (χ1v) is 20.5. The maximum Gasteiger partial charge on any atom is 0.407 e. The molecule has 13 atom stereocenters. The molecule has 3 fully saturated rings. The summed E-state index contributed by atoms with van der Waals surface area (Å²) in [4.78, 5) is 54.5. The van der Waals surface area contributed by atoms with E-state index in [2.05, 4.69) is 27.3 Å². The van der Waals surface area contributed by atoms with Crippen molar-refractivity contribution in [2.75, 3.05) is 27.8 Å². The van der Waals surface area contributed by atoms with Crippen LogP contribution >= 0.6 is 11.3 Å². The maximum absolute atomic E-state index is 14.5. The van der Waals surface area contributed by atoms with E-state index < -0.39 is 83.9 Å². The Balaban J connectivity index is 1.57. The molecule has 3 aliphatic heterocycles. The van der Waals surface area contributed by atoms with E-state index in [1.165, 1.54) is 25.4 Å². The van der Waals surface area contributed by atoms with Crippen molar-refractivity contribution in [3.63, 3.8) is 0 Å². The number of hydrogen-bond donors (Lipinski definition) is 2. The molecule has 0 aliphatic carbocycles. The number of esters is 1. The van der Waals surface area contributed by atoms with Crippen LogP contribution in [0.4, 0.5) is 4.79 Å². The van der Waals surface area contributed by atoms with Crippen LogP contribution in [-0.2, 0) is 38.1 Å². The van der Waals surface area contributed by atoms with Crippen LogP contribution in [0.2, 0.25) is 0 Å². The number of fused-ring (bicyclic) bond motifs is 1. The van der Waals surface area contributed by atoms with Gasteiger partial charge in [0.2, 0.25) is 0 Å². The zero-order valence-corrected chi connectivity index (χ0v) is 35.4. The summed E-state index contributed by atoms with van der Waals surface area (Å²) in [6, 6.07) is 8.72. The Morgan fingerprint density at radius 1 is 1.09 bits per heavy atom. The Bertz CT molecular complexity index is 1790. The van der Waals surface area contributed by atoms with Gasteiger partial charge in [-0.05, 0) is 78.4 Å². The van der Waals surface area contributed by atoms with E-state index in [0.717, 1.165) is 15.4 Å². The SMILES string of the molecule is CC[C@@H]1OC(=O)[C@H](C)C(=O)[C@H](C)[C@@H](OC2O[C@H](C)C[C@H](N(C)C)C2O)[C@@](C)(OCC#Cc2ccc(-c3ccccn3)s2)C[C@@H](C)/C(=N\OC)[C@@H](C)[C@H]2NC(=O)O[C@@H]21. The highest BCUT2D eigenvalue weighted by Crippen LogP contribution is 2.39. The molecule has 15 heteroatoms. The highest BCUT2D eigenvalue weighted by atomic mass is 32.1. The predicted octanol–water partition coefficient (Wildman–Crippen LogP) is 5.07. The Kier molecular flexibility index (Phi) is 14.9. The average molecular weight is 811 g/mol. The number of thiophene rings is 1. The Morgan fingerprint density at radius 3 is 2.51 bits per heavy atom. The molecule has 3 aliphatic rings. The number of aliphatic hydroxyl groups excluding tert-OH is 1. The van der Waals surface area contributed by atoms with E-state index in [0.29, 0.717) is 18.6 Å². The number of amides is 1. The van der Waals surface area contributed by atoms with Crippen molar-refractivity contribution in [1.82, 2.24) is 15.2 Å². The molecule has 3 saturated heterocycles. The quantitative estimate of drug-likeness (QED) is 0.158. The van der Waals surface area contributed by atoms with Gasteiger partial charge in [-0.2, -0.15) is 0 Å². The Hall–Kier alpha value is -3.91. The second-order valence-corrected chi connectivity index (χ2v) is 16.9. The largest absolute Gasteiger partial charge is 0.458 e. The lowest BCUT2D eigenvalue weighted by Crippen LogP contribution is -2.59. The van der Waals surface area contributed by atoms with Crippen molar-refractivity contribution in [2.45, 2.75) is 122 Å². The third-order valence-corrected chi connectivity index (χ3v) is 12.4. The van der Waals surface area contributed by atoms with Crippen LogP contribution < -0.4 is 5.32 Å². The molecule has 2 unspecified atom stereocenters. The average Bonchev–Trinajstić information content (AvgIpc) is 3.83. The van der Waals surface area contributed by atoms with Crippen molar-refractivity contribution >= 4 is 34.9 Å². The van der Waals surface area contributed by atoms with Crippen LogP contribution in [0, 0.1) is 35.5 Å². The molecule has 5 heterocycles. The topological polar surface area (TPSA) is 167 Å². The number of aliphatic hydroxyl groups is 1. The number of nitrogens with one attached hydrogen (secondary N) is 1. The van der Waals surface area contributed by atoms with Crippen LogP contribution in [0.1, 0.15) is 72.6 Å². The molecule has 2 aromatic rings. The van der Waals surface area contributed by atoms with Crippen molar-refractivity contribution in [3.05, 3.63) is 41.4 Å². The lowest BCUT2D eigenvalue weighted by molar-refractivity contribution is -0.296. The van der Waals surface area contributed by atoms with Gasteiger partial charge < -0.3 is 43.8 Å². The van der Waals surface area contributed by atoms with E-state index in [1.807, 2.05) is 83.9 Å². The molecule has 0 aromatic carbocycles. The first-order chi connectivity index (χ1) is 27.1. The van der Waals surface area contributed by atoms with E-state index in [4.69, 9.17) is 28.5 Å². The van der Waals surface area contributed by atoms with Gasteiger partial charge in [0.25, 0.3) is 0 Å². The summed E-state index contributed by atoms with van der Waals surface area (Å²) in [5.74, 6) is 2.11. The number of Topliss-reactive ketones (excluding diaryl/α,β-unsaturated/α-hetero) is 1. The minimum Gasteiger partial charge on any atom is -0.458 e. The second-order valence-electron chi connectivity index (χ2n) is 15.8. The number of carbonyl (C=O) groups is 3. The molecule has 2 aromatic heterocycles. The van der Waals surface area contributed by atoms with Crippen LogP contribution in [0.3, 0.4) is 0 Å². The van der Waals surface area contributed by atoms with E-state index >= 15 is 0 Å². The van der Waals surface area contributed by atoms with Crippen molar-refractivity contribution in [3.8, 4) is 22.4 Å². The molecular weight excluding hydrogens is 753 g/mol. The van der Waals surface area contributed by atoms with E-state index in [1.54, 1.807) is 13.1 Å². The number of rotatable bonds is 8. The third-order valence-electron chi connectivity index (χ3n) is 11.4. The number of carbonyl (C=O) groups excluding carboxylic acids is 3. The van der Waals surface area contributed by atoms with Gasteiger partial charge in [-0.3, -0.25) is 14.6 Å². The minimum atomic E-state index is -1.31. The first kappa shape index (κ1) is 44.2. The second kappa shape index (κ2) is 19.2. The fourth-order valence-corrected chi connectivity index (χ4v) is 9.16. The molecule has 0 spiro atoms. The van der Waals surface area contributed by atoms with Gasteiger partial charge >= 0.3 is 12.1 Å². The molecule has 0 bridgehead atoms. The number of oxime groups is 1. The van der Waals surface area contributed by atoms with Gasteiger partial charge in [0.15, 0.2) is 18.2 Å². The van der Waals surface area contributed by atoms with Gasteiger partial charge in [0, 0.05) is 30.0 Å². The number of likely N-dealkylation sites (N-methyl/N-ethyl adjacent to an activating group) is 1. The first-order valence-electron chi connectivity index (χ1n) is 19.7. The van der Waals surface area contributed by atoms with Crippen molar-refractivity contribution in [2.24, 2.45) is 28.8 Å². The fraction of sp³-hybridized carbons (Fsp3) is 0.643. The van der Waals surface area contributed by atoms with E-state index in [-0.39, 0.29) is 25.2 Å². The number of alkyl carbamates (subject to hydrolysis) is 1. The molecule has 1 amide bonds. The highest BCUT2D eigenvalue weighted by Gasteiger charge is 2.52. The zero-order chi connectivity index (χ0) is 41.6. The summed E-state index contributed by atoms with van der Waals surface area (Å²) in [5, 5.41) is 19.0. The summed E-state index contributed by atoms with van der Waals surface area (Å²) in [5.41, 5.74) is 0.128. The van der Waals surface area contributed by atoms with Crippen molar-refractivity contribution < 1.29 is 48.0 Å². The third kappa shape index (κ3) is 10.2. The molecule has 0 radical (unpaired) electrons. The predicted molar refractivity (Wildman–Crippen MR) is 214 cm³/mol. The monoisotopic (exact) mass is 810 g/mol. The smallest absolute Gasteiger partial charge is 0.407 e. The van der Waals surface area contributed by atoms with Crippen LogP contribution in [-0.4, -0.2) is 121 Å². The lowest BCUT2D eigenvalue weighted by Gasteiger charge is -2.47. The minimum absolute atomic E-state index is 0.0533. The van der Waals surface area contributed by atoms with Gasteiger partial charge in [-0.25, -0.2) is 4.79 Å². The highest BCUT2D eigenvalue weighted by molar-refractivity contribution is 7.16. The maximum atomic E-state index is 14.5. The summed E-state index contributed by atoms with van der Waals surface area (Å²) in [6.45, 7) is 12.6. The van der Waals surface area contributed by atoms with Crippen LogP contribution in [0.25, 0.3) is 10.6 Å². The number of aromatic nitrogens is 1. The number of ether oxygens (including phenoxy) is 5. The van der Waals surface area contributed by atoms with E-state index in [9.17, 15) is 19.5 Å². The molecular formula is C42H58N4O10S. The number of cyclic esters (lactones) is 1. The summed E-state index contributed by atoms with van der Waals surface area (Å²) in [7, 11) is 5.21. The molecule has 57 heavy (non-hydrogen) atoms. The molecule has 0 saturated carbocycles. The van der Waals surface area contributed by atoms with Gasteiger partial charge in [0.1, 0.15) is 31.8 Å². The molecule has 14 nitrogen and oxygen atoms in total. The summed E-state index contributed by atoms with van der Waals surface area (Å²) < 4.78 is 31.5. The molecule has 2 N–H and O–H groups in total. The van der Waals surface area contributed by atoms with Crippen LogP contribution in [0.5, 0.6) is 0 Å². The van der Waals surface area contributed by atoms with Gasteiger partial charge in [-0.15, -0.1) is 11.3 Å². The lowest BCUT2D eigenvalue weighted by atomic mass is 9.75. The normalized spacial score (nSPS) is 36.0. The fourth-order valence-electron chi connectivity index (χ4n) is 8.31. The number of pyridine rings is 1. The number of nitrogens with zero attached hydrogens (tertiary/aromatic N) is 3. The van der Waals surface area contributed by atoms with Gasteiger partial charge in [-0.1, -0.05) is 50.8 Å². The zero-order valence-electron chi connectivity index (χ0n) is 34.6. The Labute approximate surface area is 339 Å². The standard InChI is InChI=1S/C42H58N4O10S/c1-11-31-37-34(44-41(50)55-37)25(4)33(45-51-10)23(2)22-42(7,52-20-14-15-28-17-18-32(57-28)29-16-12-13-19-43-29)38(26(5)35(47)27(6)39(49)54-31)56-40-36(48)30(46(8)9)21-24(3)53-40/h12-13,16-19,23-27,30-31,34,36-38,40,48H,11,20-22H2,1-10H3,(H,44,50)/b45-33+/t23-,24-,25-,26+,27-,30+,31+,34-,36?,37-,38-,40?,42+/m1/s1. The van der Waals surface area contributed by atoms with Gasteiger partial charge in [0.05, 0.1) is 45.0 Å². The molecule has 312 valence electrons. The summed E-state index contributed by atoms with van der Waals surface area (Å²) >= 11 is 1.51. The van der Waals surface area contributed by atoms with Crippen LogP contribution in [0.15, 0.2) is 41.7 Å². The Morgan fingerprint density at radius 2 is 1.84 bits per heavy atom. The number of ketones is 1.